The molecule has 1 aromatic carbocycles. The number of hydrogen-bond acceptors (Lipinski definition) is 5. The molecule has 0 unspecified atom stereocenters. The molecule has 0 spiro atoms. The van der Waals surface area contributed by atoms with Gasteiger partial charge < -0.3 is 15.0 Å². The SMILES string of the molecule is CCNC(=O)CN(CC)C(=O)COC(=O)c1c2c(nc3ccccc13)CCC2. The summed E-state index contributed by atoms with van der Waals surface area (Å²) < 4.78 is 5.36. The van der Waals surface area contributed by atoms with Crippen molar-refractivity contribution < 1.29 is 19.1 Å². The van der Waals surface area contributed by atoms with Gasteiger partial charge in [0.05, 0.1) is 17.6 Å². The molecule has 0 saturated heterocycles. The van der Waals surface area contributed by atoms with Gasteiger partial charge in [-0.2, -0.15) is 0 Å². The Morgan fingerprint density at radius 3 is 2.71 bits per heavy atom. The van der Waals surface area contributed by atoms with Gasteiger partial charge in [-0.05, 0) is 44.7 Å². The minimum absolute atomic E-state index is 0.0473. The highest BCUT2D eigenvalue weighted by atomic mass is 16.5. The van der Waals surface area contributed by atoms with Gasteiger partial charge in [0.1, 0.15) is 0 Å². The molecule has 2 amide bonds. The molecule has 1 N–H and O–H groups in total. The Morgan fingerprint density at radius 2 is 1.96 bits per heavy atom. The van der Waals surface area contributed by atoms with Gasteiger partial charge in [0, 0.05) is 24.2 Å². The standard InChI is InChI=1S/C21H25N3O4/c1-3-22-18(25)12-24(4-2)19(26)13-28-21(27)20-14-8-5-6-10-16(14)23-17-11-7-9-15(17)20/h5-6,8,10H,3-4,7,9,11-13H2,1-2H3,(H,22,25). The van der Waals surface area contributed by atoms with Crippen LogP contribution in [0.3, 0.4) is 0 Å². The number of aryl methyl sites for hydroxylation is 1. The summed E-state index contributed by atoms with van der Waals surface area (Å²) in [6, 6.07) is 7.47. The molecule has 0 fully saturated rings. The predicted molar refractivity (Wildman–Crippen MR) is 105 cm³/mol. The highest BCUT2D eigenvalue weighted by Crippen LogP contribution is 2.30. The van der Waals surface area contributed by atoms with Crippen LogP contribution in [-0.4, -0.2) is 53.9 Å². The van der Waals surface area contributed by atoms with Crippen molar-refractivity contribution in [3.63, 3.8) is 0 Å². The molecule has 0 saturated carbocycles. The number of hydrogen-bond donors (Lipinski definition) is 1. The number of pyridine rings is 1. The Morgan fingerprint density at radius 1 is 1.18 bits per heavy atom. The van der Waals surface area contributed by atoms with E-state index in [-0.39, 0.29) is 12.5 Å². The highest BCUT2D eigenvalue weighted by Gasteiger charge is 2.25. The maximum Gasteiger partial charge on any atom is 0.339 e. The van der Waals surface area contributed by atoms with Crippen molar-refractivity contribution in [3.8, 4) is 0 Å². The van der Waals surface area contributed by atoms with Gasteiger partial charge in [-0.1, -0.05) is 18.2 Å². The van der Waals surface area contributed by atoms with E-state index in [1.54, 1.807) is 6.92 Å². The van der Waals surface area contributed by atoms with Gasteiger partial charge in [0.25, 0.3) is 5.91 Å². The van der Waals surface area contributed by atoms with Crippen LogP contribution in [0.25, 0.3) is 10.9 Å². The number of esters is 1. The summed E-state index contributed by atoms with van der Waals surface area (Å²) in [6.45, 7) is 4.02. The van der Waals surface area contributed by atoms with Gasteiger partial charge >= 0.3 is 5.97 Å². The van der Waals surface area contributed by atoms with E-state index in [1.165, 1.54) is 4.90 Å². The minimum Gasteiger partial charge on any atom is -0.452 e. The van der Waals surface area contributed by atoms with Crippen LogP contribution in [0.5, 0.6) is 0 Å². The topological polar surface area (TPSA) is 88.6 Å². The lowest BCUT2D eigenvalue weighted by Gasteiger charge is -2.20. The monoisotopic (exact) mass is 383 g/mol. The molecule has 7 nitrogen and oxygen atoms in total. The molecule has 0 radical (unpaired) electrons. The maximum atomic E-state index is 12.9. The smallest absolute Gasteiger partial charge is 0.339 e. The van der Waals surface area contributed by atoms with Gasteiger partial charge in [0.2, 0.25) is 5.91 Å². The number of rotatable bonds is 7. The average molecular weight is 383 g/mol. The number of aromatic nitrogens is 1. The molecule has 2 aromatic rings. The molecule has 3 rings (SSSR count). The van der Waals surface area contributed by atoms with Gasteiger partial charge in [-0.3, -0.25) is 14.6 Å². The molecule has 1 aliphatic rings. The zero-order valence-corrected chi connectivity index (χ0v) is 16.3. The van der Waals surface area contributed by atoms with Crippen LogP contribution in [0, 0.1) is 0 Å². The van der Waals surface area contributed by atoms with Gasteiger partial charge in [-0.15, -0.1) is 0 Å². The van der Waals surface area contributed by atoms with E-state index in [2.05, 4.69) is 10.3 Å². The molecule has 7 heteroatoms. The summed E-state index contributed by atoms with van der Waals surface area (Å²) in [5.74, 6) is -1.14. The molecule has 1 heterocycles. The van der Waals surface area contributed by atoms with Crippen molar-refractivity contribution in [1.82, 2.24) is 15.2 Å². The highest BCUT2D eigenvalue weighted by molar-refractivity contribution is 6.05. The first-order valence-corrected chi connectivity index (χ1v) is 9.67. The van der Waals surface area contributed by atoms with E-state index >= 15 is 0 Å². The first-order chi connectivity index (χ1) is 13.5. The average Bonchev–Trinajstić information content (AvgIpc) is 3.16. The first kappa shape index (κ1) is 19.8. The van der Waals surface area contributed by atoms with Crippen LogP contribution in [-0.2, 0) is 27.2 Å². The number of amides is 2. The van der Waals surface area contributed by atoms with Crippen molar-refractivity contribution in [2.75, 3.05) is 26.2 Å². The Bertz CT molecular complexity index is 910. The van der Waals surface area contributed by atoms with E-state index in [1.807, 2.05) is 31.2 Å². The lowest BCUT2D eigenvalue weighted by molar-refractivity contribution is -0.138. The lowest BCUT2D eigenvalue weighted by Crippen LogP contribution is -2.42. The van der Waals surface area contributed by atoms with E-state index in [0.717, 1.165) is 41.4 Å². The minimum atomic E-state index is -0.515. The molecule has 0 atom stereocenters. The summed E-state index contributed by atoms with van der Waals surface area (Å²) in [7, 11) is 0. The molecule has 0 aliphatic heterocycles. The van der Waals surface area contributed by atoms with Crippen LogP contribution in [0.15, 0.2) is 24.3 Å². The Hall–Kier alpha value is -2.96. The van der Waals surface area contributed by atoms with Crippen molar-refractivity contribution in [1.29, 1.82) is 0 Å². The molecule has 1 aliphatic carbocycles. The van der Waals surface area contributed by atoms with Crippen molar-refractivity contribution >= 4 is 28.7 Å². The Labute approximate surface area is 164 Å². The fraction of sp³-hybridized carbons (Fsp3) is 0.429. The number of fused-ring (bicyclic) bond motifs is 2. The van der Waals surface area contributed by atoms with Crippen LogP contribution in [0.4, 0.5) is 0 Å². The van der Waals surface area contributed by atoms with Crippen LogP contribution >= 0.6 is 0 Å². The lowest BCUT2D eigenvalue weighted by atomic mass is 10.0. The van der Waals surface area contributed by atoms with Crippen LogP contribution in [0.1, 0.15) is 41.9 Å². The molecule has 148 valence electrons. The normalized spacial score (nSPS) is 12.5. The van der Waals surface area contributed by atoms with E-state index in [4.69, 9.17) is 4.74 Å². The predicted octanol–water partition coefficient (Wildman–Crippen LogP) is 1.86. The zero-order chi connectivity index (χ0) is 20.1. The van der Waals surface area contributed by atoms with Crippen LogP contribution < -0.4 is 5.32 Å². The summed E-state index contributed by atoms with van der Waals surface area (Å²) in [6.07, 6.45) is 2.58. The zero-order valence-electron chi connectivity index (χ0n) is 16.3. The molecular weight excluding hydrogens is 358 g/mol. The number of carbonyl (C=O) groups is 3. The molecular formula is C21H25N3O4. The second-order valence-electron chi connectivity index (χ2n) is 6.72. The maximum absolute atomic E-state index is 12.9. The second-order valence-corrected chi connectivity index (χ2v) is 6.72. The Kier molecular flexibility index (Phi) is 6.23. The van der Waals surface area contributed by atoms with Crippen molar-refractivity contribution in [2.24, 2.45) is 0 Å². The van der Waals surface area contributed by atoms with Crippen molar-refractivity contribution in [2.45, 2.75) is 33.1 Å². The van der Waals surface area contributed by atoms with Crippen LogP contribution in [0.2, 0.25) is 0 Å². The summed E-state index contributed by atoms with van der Waals surface area (Å²) in [5, 5.41) is 3.40. The van der Waals surface area contributed by atoms with E-state index < -0.39 is 18.5 Å². The molecule has 0 bridgehead atoms. The third-order valence-electron chi connectivity index (χ3n) is 4.89. The quantitative estimate of drug-likeness (QED) is 0.738. The summed E-state index contributed by atoms with van der Waals surface area (Å²) in [4.78, 5) is 43.0. The number of para-hydroxylation sites is 1. The summed E-state index contributed by atoms with van der Waals surface area (Å²) >= 11 is 0. The number of nitrogens with one attached hydrogen (secondary N) is 1. The van der Waals surface area contributed by atoms with E-state index in [9.17, 15) is 14.4 Å². The van der Waals surface area contributed by atoms with Crippen molar-refractivity contribution in [3.05, 3.63) is 41.1 Å². The third-order valence-corrected chi connectivity index (χ3v) is 4.89. The summed E-state index contributed by atoms with van der Waals surface area (Å²) in [5.41, 5.74) is 3.12. The number of ether oxygens (including phenoxy) is 1. The molecule has 28 heavy (non-hydrogen) atoms. The number of benzene rings is 1. The largest absolute Gasteiger partial charge is 0.452 e. The fourth-order valence-corrected chi connectivity index (χ4v) is 3.54. The Balaban J connectivity index is 1.75. The second kappa shape index (κ2) is 8.82. The number of carbonyl (C=O) groups excluding carboxylic acids is 3. The van der Waals surface area contributed by atoms with E-state index in [0.29, 0.717) is 18.7 Å². The number of likely N-dealkylation sites (N-methyl/N-ethyl adjacent to an activating group) is 2. The van der Waals surface area contributed by atoms with Gasteiger partial charge in [-0.25, -0.2) is 4.79 Å². The first-order valence-electron chi connectivity index (χ1n) is 9.67. The fourth-order valence-electron chi connectivity index (χ4n) is 3.54. The molecule has 1 aromatic heterocycles. The third kappa shape index (κ3) is 4.13. The van der Waals surface area contributed by atoms with Gasteiger partial charge in [0.15, 0.2) is 6.61 Å². The number of nitrogens with zero attached hydrogens (tertiary/aromatic N) is 2.